The van der Waals surface area contributed by atoms with Gasteiger partial charge in [0.05, 0.1) is 6.54 Å². The number of fused-ring (bicyclic) bond motifs is 1. The molecule has 31 heavy (non-hydrogen) atoms. The van der Waals surface area contributed by atoms with Crippen LogP contribution in [0.25, 0.3) is 0 Å². The Hall–Kier alpha value is -2.48. The molecule has 4 rings (SSSR count). The van der Waals surface area contributed by atoms with E-state index in [1.54, 1.807) is 6.07 Å². The van der Waals surface area contributed by atoms with Crippen molar-refractivity contribution in [1.82, 2.24) is 9.80 Å². The van der Waals surface area contributed by atoms with Gasteiger partial charge in [0.2, 0.25) is 0 Å². The molecule has 1 saturated heterocycles. The van der Waals surface area contributed by atoms with Crippen LogP contribution in [0.1, 0.15) is 30.4 Å². The average molecular weight is 418 g/mol. The van der Waals surface area contributed by atoms with E-state index >= 15 is 0 Å². The number of piperazine rings is 1. The average Bonchev–Trinajstić information content (AvgIpc) is 2.81. The van der Waals surface area contributed by atoms with Crippen molar-refractivity contribution in [2.45, 2.75) is 38.1 Å². The lowest BCUT2D eigenvalue weighted by Crippen LogP contribution is -2.46. The van der Waals surface area contributed by atoms with E-state index in [1.165, 1.54) is 36.2 Å². The first-order valence-corrected chi connectivity index (χ1v) is 11.7. The number of hydrogen-bond donors (Lipinski definition) is 1. The molecule has 1 atom stereocenters. The molecule has 2 aliphatic rings. The molecule has 0 radical (unpaired) electrons. The first-order chi connectivity index (χ1) is 15.2. The highest BCUT2D eigenvalue weighted by Gasteiger charge is 2.24. The lowest BCUT2D eigenvalue weighted by molar-refractivity contribution is 0.190. The third kappa shape index (κ3) is 5.81. The van der Waals surface area contributed by atoms with Gasteiger partial charge in [0, 0.05) is 37.9 Å². The number of nitrogens with zero attached hydrogens (tertiary/aromatic N) is 3. The maximum atomic E-state index is 9.84. The fourth-order valence-corrected chi connectivity index (χ4v) is 5.06. The number of rotatable bonds is 8. The van der Waals surface area contributed by atoms with Crippen molar-refractivity contribution in [1.29, 1.82) is 0 Å². The molecule has 0 spiro atoms. The number of terminal acetylenes is 1. The number of unbranched alkanes of at least 4 members (excludes halogenated alkanes) is 1. The molecule has 2 aromatic carbocycles. The zero-order chi connectivity index (χ0) is 21.5. The molecule has 4 heteroatoms. The van der Waals surface area contributed by atoms with Gasteiger partial charge < -0.3 is 10.0 Å². The number of anilines is 1. The Labute approximate surface area is 187 Å². The minimum atomic E-state index is 0.371. The van der Waals surface area contributed by atoms with Gasteiger partial charge in [-0.15, -0.1) is 6.42 Å². The van der Waals surface area contributed by atoms with Gasteiger partial charge in [0.25, 0.3) is 0 Å². The highest BCUT2D eigenvalue weighted by Crippen LogP contribution is 2.27. The maximum absolute atomic E-state index is 9.84. The fraction of sp³-hybridized carbons (Fsp3) is 0.481. The van der Waals surface area contributed by atoms with E-state index in [1.807, 2.05) is 6.07 Å². The highest BCUT2D eigenvalue weighted by atomic mass is 16.3. The van der Waals surface area contributed by atoms with Crippen LogP contribution in [0.15, 0.2) is 48.5 Å². The van der Waals surface area contributed by atoms with Crippen molar-refractivity contribution in [3.63, 3.8) is 0 Å². The number of para-hydroxylation sites is 1. The van der Waals surface area contributed by atoms with Gasteiger partial charge in [0.1, 0.15) is 5.75 Å². The monoisotopic (exact) mass is 417 g/mol. The van der Waals surface area contributed by atoms with E-state index in [0.29, 0.717) is 18.3 Å². The summed E-state index contributed by atoms with van der Waals surface area (Å²) in [5.74, 6) is 3.24. The summed E-state index contributed by atoms with van der Waals surface area (Å²) in [5.41, 5.74) is 4.01. The molecule has 164 valence electrons. The molecule has 0 saturated carbocycles. The molecule has 1 aliphatic heterocycles. The van der Waals surface area contributed by atoms with Gasteiger partial charge in [-0.25, -0.2) is 0 Å². The Kier molecular flexibility index (Phi) is 7.51. The summed E-state index contributed by atoms with van der Waals surface area (Å²) in [7, 11) is 0. The van der Waals surface area contributed by atoms with E-state index in [0.717, 1.165) is 52.0 Å². The minimum absolute atomic E-state index is 0.371. The Balaban J connectivity index is 1.20. The molecule has 1 heterocycles. The lowest BCUT2D eigenvalue weighted by atomic mass is 9.87. The summed E-state index contributed by atoms with van der Waals surface area (Å²) in [4.78, 5) is 7.58. The molecule has 2 aromatic rings. The van der Waals surface area contributed by atoms with Crippen molar-refractivity contribution in [3.8, 4) is 18.1 Å². The molecule has 1 fully saturated rings. The van der Waals surface area contributed by atoms with E-state index < -0.39 is 0 Å². The normalized spacial score (nSPS) is 19.2. The first-order valence-electron chi connectivity index (χ1n) is 11.7. The second-order valence-electron chi connectivity index (χ2n) is 8.90. The SMILES string of the molecule is C#CCN(CCCCN1CCN(c2ccccc2)CC1)C1CCc2ccc(O)cc2C1. The number of hydrogen-bond acceptors (Lipinski definition) is 4. The Morgan fingerprint density at radius 1 is 1.00 bits per heavy atom. The molecular weight excluding hydrogens is 382 g/mol. The number of aromatic hydroxyl groups is 1. The summed E-state index contributed by atoms with van der Waals surface area (Å²) in [6, 6.07) is 17.0. The number of phenolic OH excluding ortho intramolecular Hbond substituents is 1. The largest absolute Gasteiger partial charge is 0.508 e. The van der Waals surface area contributed by atoms with Gasteiger partial charge in [-0.1, -0.05) is 30.2 Å². The molecular formula is C27H35N3O. The summed E-state index contributed by atoms with van der Waals surface area (Å²) >= 11 is 0. The van der Waals surface area contributed by atoms with Crippen molar-refractivity contribution in [2.75, 3.05) is 50.7 Å². The number of phenols is 1. The molecule has 1 unspecified atom stereocenters. The third-order valence-electron chi connectivity index (χ3n) is 6.87. The summed E-state index contributed by atoms with van der Waals surface area (Å²) in [6.07, 6.45) is 11.3. The smallest absolute Gasteiger partial charge is 0.115 e. The Morgan fingerprint density at radius 2 is 1.81 bits per heavy atom. The zero-order valence-corrected chi connectivity index (χ0v) is 18.5. The van der Waals surface area contributed by atoms with Crippen LogP contribution in [0, 0.1) is 12.3 Å². The molecule has 4 nitrogen and oxygen atoms in total. The standard InChI is InChI=1S/C27H35N3O/c1-2-14-29(26-12-10-23-11-13-27(31)22-24(23)21-26)16-7-6-15-28-17-19-30(20-18-28)25-8-4-3-5-9-25/h1,3-5,8-9,11,13,22,26,31H,6-7,10,12,14-21H2. The summed E-state index contributed by atoms with van der Waals surface area (Å²) in [5, 5.41) is 9.84. The van der Waals surface area contributed by atoms with Crippen molar-refractivity contribution in [2.24, 2.45) is 0 Å². The van der Waals surface area contributed by atoms with Crippen LogP contribution in [-0.4, -0.2) is 66.8 Å². The number of benzene rings is 2. The predicted molar refractivity (Wildman–Crippen MR) is 129 cm³/mol. The Bertz CT molecular complexity index is 868. The van der Waals surface area contributed by atoms with E-state index in [4.69, 9.17) is 6.42 Å². The third-order valence-corrected chi connectivity index (χ3v) is 6.87. The van der Waals surface area contributed by atoms with E-state index in [2.05, 4.69) is 57.0 Å². The van der Waals surface area contributed by atoms with Crippen molar-refractivity contribution in [3.05, 3.63) is 59.7 Å². The summed E-state index contributed by atoms with van der Waals surface area (Å²) < 4.78 is 0. The van der Waals surface area contributed by atoms with E-state index in [-0.39, 0.29) is 0 Å². The van der Waals surface area contributed by atoms with Crippen molar-refractivity contribution >= 4 is 5.69 Å². The number of aryl methyl sites for hydroxylation is 1. The summed E-state index contributed by atoms with van der Waals surface area (Å²) in [6.45, 7) is 7.47. The molecule has 0 amide bonds. The van der Waals surface area contributed by atoms with Gasteiger partial charge >= 0.3 is 0 Å². The second kappa shape index (κ2) is 10.7. The maximum Gasteiger partial charge on any atom is 0.115 e. The van der Waals surface area contributed by atoms with Crippen LogP contribution < -0.4 is 4.90 Å². The van der Waals surface area contributed by atoms with Gasteiger partial charge in [-0.05, 0) is 80.6 Å². The quantitative estimate of drug-likeness (QED) is 0.523. The van der Waals surface area contributed by atoms with Gasteiger partial charge in [0.15, 0.2) is 0 Å². The van der Waals surface area contributed by atoms with Gasteiger partial charge in [-0.3, -0.25) is 9.80 Å². The second-order valence-corrected chi connectivity index (χ2v) is 8.90. The Morgan fingerprint density at radius 3 is 2.58 bits per heavy atom. The van der Waals surface area contributed by atoms with Gasteiger partial charge in [-0.2, -0.15) is 0 Å². The van der Waals surface area contributed by atoms with Crippen LogP contribution in [0.4, 0.5) is 5.69 Å². The van der Waals surface area contributed by atoms with Crippen LogP contribution >= 0.6 is 0 Å². The van der Waals surface area contributed by atoms with Crippen LogP contribution in [0.2, 0.25) is 0 Å². The van der Waals surface area contributed by atoms with E-state index in [9.17, 15) is 5.11 Å². The fourth-order valence-electron chi connectivity index (χ4n) is 5.06. The first kappa shape index (κ1) is 21.7. The molecule has 0 aromatic heterocycles. The highest BCUT2D eigenvalue weighted by molar-refractivity contribution is 5.46. The molecule has 1 aliphatic carbocycles. The minimum Gasteiger partial charge on any atom is -0.508 e. The zero-order valence-electron chi connectivity index (χ0n) is 18.5. The van der Waals surface area contributed by atoms with Crippen LogP contribution in [-0.2, 0) is 12.8 Å². The predicted octanol–water partition coefficient (Wildman–Crippen LogP) is 3.79. The molecule has 1 N–H and O–H groups in total. The molecule has 0 bridgehead atoms. The topological polar surface area (TPSA) is 30.0 Å². The van der Waals surface area contributed by atoms with Crippen LogP contribution in [0.5, 0.6) is 5.75 Å². The van der Waals surface area contributed by atoms with Crippen LogP contribution in [0.3, 0.4) is 0 Å². The van der Waals surface area contributed by atoms with Crippen molar-refractivity contribution < 1.29 is 5.11 Å². The lowest BCUT2D eigenvalue weighted by Gasteiger charge is -2.36.